The number of hydrogen-bond donors (Lipinski definition) is 1. The maximum atomic E-state index is 10.5. The van der Waals surface area contributed by atoms with Gasteiger partial charge in [-0.3, -0.25) is 0 Å². The molecule has 1 N–H and O–H groups in total. The minimum Gasteiger partial charge on any atom is -0.449 e. The van der Waals surface area contributed by atoms with Gasteiger partial charge in [-0.25, -0.2) is 4.79 Å². The largest absolute Gasteiger partial charge is 0.449 e. The first kappa shape index (κ1) is 9.36. The average Bonchev–Trinajstić information content (AvgIpc) is 1.89. The third kappa shape index (κ3) is 5.50. The minimum atomic E-state index is -0.376. The molecule has 3 nitrogen and oxygen atoms in total. The van der Waals surface area contributed by atoms with Crippen LogP contribution in [0.25, 0.3) is 0 Å². The molecule has 0 aliphatic carbocycles. The van der Waals surface area contributed by atoms with Crippen LogP contribution in [0.4, 0.5) is 4.79 Å². The Bertz CT molecular complexity index is 116. The number of amides is 1. The van der Waals surface area contributed by atoms with Crippen LogP contribution in [-0.2, 0) is 4.74 Å². The van der Waals surface area contributed by atoms with Crippen molar-refractivity contribution in [2.24, 2.45) is 0 Å². The Morgan fingerprint density at radius 2 is 2.50 bits per heavy atom. The fraction of sp³-hybridized carbons (Fsp3) is 0.667. The quantitative estimate of drug-likeness (QED) is 0.496. The van der Waals surface area contributed by atoms with Crippen molar-refractivity contribution in [3.63, 3.8) is 0 Å². The highest BCUT2D eigenvalue weighted by atomic mass is 32.1. The van der Waals surface area contributed by atoms with Crippen LogP contribution in [-0.4, -0.2) is 24.6 Å². The molecule has 0 aliphatic heterocycles. The molecule has 10 heavy (non-hydrogen) atoms. The normalized spacial score (nSPS) is 8.50. The second kappa shape index (κ2) is 6.48. The molecule has 0 aromatic heterocycles. The molecule has 0 rings (SSSR count). The smallest absolute Gasteiger partial charge is 0.407 e. The summed E-state index contributed by atoms with van der Waals surface area (Å²) in [5.74, 6) is 0. The maximum Gasteiger partial charge on any atom is 0.407 e. The van der Waals surface area contributed by atoms with Crippen molar-refractivity contribution in [3.8, 4) is 0 Å². The van der Waals surface area contributed by atoms with E-state index in [0.717, 1.165) is 0 Å². The summed E-state index contributed by atoms with van der Waals surface area (Å²) in [5, 5.41) is 4.04. The SMILES string of the molecule is CCNC(=O)OCCC=S. The summed E-state index contributed by atoms with van der Waals surface area (Å²) in [6.07, 6.45) is 0.256. The van der Waals surface area contributed by atoms with E-state index in [0.29, 0.717) is 19.6 Å². The highest BCUT2D eigenvalue weighted by Gasteiger charge is 1.95. The molecule has 0 aromatic carbocycles. The average molecular weight is 161 g/mol. The lowest BCUT2D eigenvalue weighted by Gasteiger charge is -2.01. The molecular formula is C6H11NO2S. The molecule has 0 fully saturated rings. The van der Waals surface area contributed by atoms with Crippen LogP contribution in [0.1, 0.15) is 13.3 Å². The summed E-state index contributed by atoms with van der Waals surface area (Å²) >= 11 is 4.53. The van der Waals surface area contributed by atoms with Gasteiger partial charge in [-0.1, -0.05) is 12.2 Å². The molecule has 0 saturated carbocycles. The summed E-state index contributed by atoms with van der Waals surface area (Å²) in [6.45, 7) is 2.80. The first-order valence-electron chi connectivity index (χ1n) is 3.15. The zero-order valence-corrected chi connectivity index (χ0v) is 6.74. The van der Waals surface area contributed by atoms with Crippen molar-refractivity contribution in [1.29, 1.82) is 0 Å². The summed E-state index contributed by atoms with van der Waals surface area (Å²) < 4.78 is 4.67. The lowest BCUT2D eigenvalue weighted by atomic mass is 10.5. The van der Waals surface area contributed by atoms with Crippen molar-refractivity contribution < 1.29 is 9.53 Å². The Kier molecular flexibility index (Phi) is 6.06. The highest BCUT2D eigenvalue weighted by Crippen LogP contribution is 1.80. The first-order chi connectivity index (χ1) is 4.81. The number of carbonyl (C=O) groups is 1. The molecule has 0 saturated heterocycles. The third-order valence-corrected chi connectivity index (χ3v) is 1.03. The van der Waals surface area contributed by atoms with Gasteiger partial charge in [-0.05, 0) is 12.3 Å². The lowest BCUT2D eigenvalue weighted by molar-refractivity contribution is 0.150. The predicted octanol–water partition coefficient (Wildman–Crippen LogP) is 1.12. The molecule has 0 atom stereocenters. The van der Waals surface area contributed by atoms with Gasteiger partial charge >= 0.3 is 6.09 Å². The summed E-state index contributed by atoms with van der Waals surface area (Å²) in [5.41, 5.74) is 0. The van der Waals surface area contributed by atoms with Gasteiger partial charge in [-0.2, -0.15) is 0 Å². The zero-order chi connectivity index (χ0) is 7.82. The van der Waals surface area contributed by atoms with Gasteiger partial charge in [-0.15, -0.1) is 0 Å². The molecule has 0 aliphatic rings. The molecule has 0 heterocycles. The van der Waals surface area contributed by atoms with Gasteiger partial charge in [0.1, 0.15) is 0 Å². The minimum absolute atomic E-state index is 0.370. The molecule has 0 radical (unpaired) electrons. The van der Waals surface area contributed by atoms with Crippen molar-refractivity contribution in [3.05, 3.63) is 0 Å². The summed E-state index contributed by atoms with van der Waals surface area (Å²) in [7, 11) is 0. The maximum absolute atomic E-state index is 10.5. The number of hydrogen-bond acceptors (Lipinski definition) is 3. The Balaban J connectivity index is 3.13. The van der Waals surface area contributed by atoms with Crippen LogP contribution in [0.5, 0.6) is 0 Å². The van der Waals surface area contributed by atoms with E-state index in [-0.39, 0.29) is 6.09 Å². The molecule has 0 bridgehead atoms. The van der Waals surface area contributed by atoms with E-state index in [1.807, 2.05) is 6.92 Å². The van der Waals surface area contributed by atoms with Crippen LogP contribution < -0.4 is 5.32 Å². The Morgan fingerprint density at radius 3 is 3.00 bits per heavy atom. The Labute approximate surface area is 65.7 Å². The van der Waals surface area contributed by atoms with E-state index in [4.69, 9.17) is 0 Å². The predicted molar refractivity (Wildman–Crippen MR) is 43.3 cm³/mol. The number of carbonyl (C=O) groups excluding carboxylic acids is 1. The van der Waals surface area contributed by atoms with Crippen LogP contribution in [0.2, 0.25) is 0 Å². The van der Waals surface area contributed by atoms with Crippen LogP contribution >= 0.6 is 12.2 Å². The van der Waals surface area contributed by atoms with Gasteiger partial charge in [0.25, 0.3) is 0 Å². The van der Waals surface area contributed by atoms with E-state index in [9.17, 15) is 4.79 Å². The molecule has 4 heteroatoms. The first-order valence-corrected chi connectivity index (χ1v) is 3.62. The molecule has 0 aromatic rings. The number of rotatable bonds is 4. The van der Waals surface area contributed by atoms with E-state index >= 15 is 0 Å². The molecular weight excluding hydrogens is 150 g/mol. The zero-order valence-electron chi connectivity index (χ0n) is 5.92. The lowest BCUT2D eigenvalue weighted by Crippen LogP contribution is -2.23. The van der Waals surface area contributed by atoms with Gasteiger partial charge < -0.3 is 10.1 Å². The van der Waals surface area contributed by atoms with E-state index in [1.54, 1.807) is 5.37 Å². The third-order valence-electron chi connectivity index (χ3n) is 0.790. The van der Waals surface area contributed by atoms with E-state index in [1.165, 1.54) is 0 Å². The standard InChI is InChI=1S/C6H11NO2S/c1-2-7-6(8)9-4-3-5-10/h5H,2-4H2,1H3,(H,7,8). The topological polar surface area (TPSA) is 38.3 Å². The second-order valence-corrected chi connectivity index (χ2v) is 1.95. The highest BCUT2D eigenvalue weighted by molar-refractivity contribution is 7.78. The number of alkyl carbamates (subject to hydrolysis) is 1. The van der Waals surface area contributed by atoms with Crippen molar-refractivity contribution in [2.75, 3.05) is 13.2 Å². The molecule has 1 amide bonds. The van der Waals surface area contributed by atoms with E-state index < -0.39 is 0 Å². The molecule has 0 unspecified atom stereocenters. The van der Waals surface area contributed by atoms with Crippen LogP contribution in [0, 0.1) is 0 Å². The van der Waals surface area contributed by atoms with E-state index in [2.05, 4.69) is 22.3 Å². The molecule has 0 spiro atoms. The number of ether oxygens (including phenoxy) is 1. The summed E-state index contributed by atoms with van der Waals surface area (Å²) in [4.78, 5) is 10.5. The van der Waals surface area contributed by atoms with Gasteiger partial charge in [0, 0.05) is 13.0 Å². The number of nitrogens with one attached hydrogen (secondary N) is 1. The number of thiocarbonyl (C=S) groups is 1. The Morgan fingerprint density at radius 1 is 1.80 bits per heavy atom. The monoisotopic (exact) mass is 161 g/mol. The molecule has 58 valence electrons. The fourth-order valence-electron chi connectivity index (χ4n) is 0.395. The Hall–Kier alpha value is -0.640. The van der Waals surface area contributed by atoms with Crippen LogP contribution in [0.15, 0.2) is 0 Å². The second-order valence-electron chi connectivity index (χ2n) is 1.62. The van der Waals surface area contributed by atoms with Gasteiger partial charge in [0.15, 0.2) is 0 Å². The van der Waals surface area contributed by atoms with Gasteiger partial charge in [0.2, 0.25) is 0 Å². The van der Waals surface area contributed by atoms with Crippen molar-refractivity contribution in [1.82, 2.24) is 5.32 Å². The van der Waals surface area contributed by atoms with Crippen LogP contribution in [0.3, 0.4) is 0 Å². The van der Waals surface area contributed by atoms with Crippen molar-refractivity contribution >= 4 is 23.7 Å². The van der Waals surface area contributed by atoms with Crippen molar-refractivity contribution in [2.45, 2.75) is 13.3 Å². The van der Waals surface area contributed by atoms with Gasteiger partial charge in [0.05, 0.1) is 6.61 Å². The summed E-state index contributed by atoms with van der Waals surface area (Å²) in [6, 6.07) is 0. The fourth-order valence-corrected chi connectivity index (χ4v) is 0.491.